The van der Waals surface area contributed by atoms with E-state index in [4.69, 9.17) is 16.6 Å². The monoisotopic (exact) mass is 345 g/mol. The van der Waals surface area contributed by atoms with Gasteiger partial charge in [0.1, 0.15) is 0 Å². The number of hydrogen-bond acceptors (Lipinski definition) is 4. The Morgan fingerprint density at radius 2 is 2.00 bits per heavy atom. The highest BCUT2D eigenvalue weighted by atomic mass is 32.1. The normalized spacial score (nSPS) is 10.1. The van der Waals surface area contributed by atoms with Gasteiger partial charge in [-0.05, 0) is 55.4 Å². The van der Waals surface area contributed by atoms with Crippen LogP contribution in [0.4, 0.5) is 11.4 Å². The van der Waals surface area contributed by atoms with Crippen LogP contribution in [-0.2, 0) is 4.79 Å². The minimum Gasteiger partial charge on any atom is -0.459 e. The number of thiocarbonyl (C=S) groups is 1. The maximum atomic E-state index is 12.0. The van der Waals surface area contributed by atoms with Crippen LogP contribution in [-0.4, -0.2) is 16.9 Å². The summed E-state index contributed by atoms with van der Waals surface area (Å²) in [5.41, 5.74) is 2.22. The van der Waals surface area contributed by atoms with E-state index < -0.39 is 0 Å². The minimum atomic E-state index is -0.339. The van der Waals surface area contributed by atoms with Crippen molar-refractivity contribution in [3.05, 3.63) is 47.9 Å². The number of anilines is 2. The van der Waals surface area contributed by atoms with Crippen molar-refractivity contribution in [3.8, 4) is 0 Å². The highest BCUT2D eigenvalue weighted by molar-refractivity contribution is 7.80. The summed E-state index contributed by atoms with van der Waals surface area (Å²) >= 11 is 5.14. The van der Waals surface area contributed by atoms with E-state index >= 15 is 0 Å². The lowest BCUT2D eigenvalue weighted by atomic mass is 10.2. The second-order valence-corrected chi connectivity index (χ2v) is 5.62. The van der Waals surface area contributed by atoms with Gasteiger partial charge in [0.2, 0.25) is 5.91 Å². The van der Waals surface area contributed by atoms with Crippen molar-refractivity contribution in [1.29, 1.82) is 0 Å². The van der Waals surface area contributed by atoms with Crippen molar-refractivity contribution in [1.82, 2.24) is 5.32 Å². The van der Waals surface area contributed by atoms with E-state index in [1.54, 1.807) is 24.3 Å². The van der Waals surface area contributed by atoms with Crippen molar-refractivity contribution < 1.29 is 14.0 Å². The standard InChI is InChI=1S/C17H19N3O3S/c1-3-5-15(21)20-17(24)19-13-10-12(8-7-11(13)2)18-16(22)14-6-4-9-23-14/h4,6-10H,3,5H2,1-2H3,(H,18,22)(H2,19,20,21,24). The summed E-state index contributed by atoms with van der Waals surface area (Å²) in [5.74, 6) is -0.240. The van der Waals surface area contributed by atoms with E-state index in [0.29, 0.717) is 17.8 Å². The number of aryl methyl sites for hydroxylation is 1. The Hall–Kier alpha value is -2.67. The summed E-state index contributed by atoms with van der Waals surface area (Å²) in [6.45, 7) is 3.82. The summed E-state index contributed by atoms with van der Waals surface area (Å²) in [6.07, 6.45) is 2.61. The minimum absolute atomic E-state index is 0.130. The summed E-state index contributed by atoms with van der Waals surface area (Å²) in [5, 5.41) is 8.56. The average Bonchev–Trinajstić information content (AvgIpc) is 3.05. The van der Waals surface area contributed by atoms with Gasteiger partial charge in [-0.2, -0.15) is 0 Å². The van der Waals surface area contributed by atoms with E-state index in [-0.39, 0.29) is 22.7 Å². The maximum absolute atomic E-state index is 12.0. The van der Waals surface area contributed by atoms with Gasteiger partial charge < -0.3 is 20.4 Å². The molecule has 0 aliphatic heterocycles. The predicted molar refractivity (Wildman–Crippen MR) is 97.1 cm³/mol. The van der Waals surface area contributed by atoms with Crippen molar-refractivity contribution in [2.75, 3.05) is 10.6 Å². The SMILES string of the molecule is CCCC(=O)NC(=S)Nc1cc(NC(=O)c2ccco2)ccc1C. The lowest BCUT2D eigenvalue weighted by molar-refractivity contribution is -0.119. The maximum Gasteiger partial charge on any atom is 0.291 e. The third kappa shape index (κ3) is 4.92. The Morgan fingerprint density at radius 1 is 1.21 bits per heavy atom. The zero-order valence-electron chi connectivity index (χ0n) is 13.5. The molecule has 0 aliphatic carbocycles. The molecule has 2 amide bonds. The molecule has 1 aromatic heterocycles. The molecule has 0 saturated carbocycles. The first-order valence-electron chi connectivity index (χ1n) is 7.56. The summed E-state index contributed by atoms with van der Waals surface area (Å²) in [6, 6.07) is 8.60. The third-order valence-corrected chi connectivity index (χ3v) is 3.42. The first-order valence-corrected chi connectivity index (χ1v) is 7.96. The highest BCUT2D eigenvalue weighted by Gasteiger charge is 2.10. The molecule has 24 heavy (non-hydrogen) atoms. The van der Waals surface area contributed by atoms with Crippen molar-refractivity contribution in [2.45, 2.75) is 26.7 Å². The molecule has 0 atom stereocenters. The number of amides is 2. The second-order valence-electron chi connectivity index (χ2n) is 5.21. The zero-order valence-corrected chi connectivity index (χ0v) is 14.3. The molecule has 6 nitrogen and oxygen atoms in total. The second kappa shape index (κ2) is 8.26. The molecule has 2 aromatic rings. The van der Waals surface area contributed by atoms with Crippen LogP contribution >= 0.6 is 12.2 Å². The molecule has 126 valence electrons. The molecule has 1 aromatic carbocycles. The van der Waals surface area contributed by atoms with Crippen molar-refractivity contribution in [3.63, 3.8) is 0 Å². The number of benzene rings is 1. The van der Waals surface area contributed by atoms with Gasteiger partial charge in [-0.3, -0.25) is 9.59 Å². The van der Waals surface area contributed by atoms with Crippen LogP contribution in [0.3, 0.4) is 0 Å². The van der Waals surface area contributed by atoms with Gasteiger partial charge in [0.15, 0.2) is 10.9 Å². The van der Waals surface area contributed by atoms with Crippen molar-refractivity contribution >= 4 is 40.5 Å². The average molecular weight is 345 g/mol. The molecule has 7 heteroatoms. The van der Waals surface area contributed by atoms with E-state index in [2.05, 4.69) is 16.0 Å². The molecule has 0 saturated heterocycles. The van der Waals surface area contributed by atoms with E-state index in [9.17, 15) is 9.59 Å². The Morgan fingerprint density at radius 3 is 2.67 bits per heavy atom. The Kier molecular flexibility index (Phi) is 6.08. The van der Waals surface area contributed by atoms with E-state index in [1.165, 1.54) is 6.26 Å². The molecular weight excluding hydrogens is 326 g/mol. The fourth-order valence-corrected chi connectivity index (χ4v) is 2.23. The van der Waals surface area contributed by atoms with Gasteiger partial charge in [0.25, 0.3) is 5.91 Å². The van der Waals surface area contributed by atoms with E-state index in [0.717, 1.165) is 12.0 Å². The quantitative estimate of drug-likeness (QED) is 0.723. The van der Waals surface area contributed by atoms with Crippen LogP contribution in [0.15, 0.2) is 41.0 Å². The molecule has 0 radical (unpaired) electrons. The summed E-state index contributed by atoms with van der Waals surface area (Å²) < 4.78 is 5.06. The number of carbonyl (C=O) groups excluding carboxylic acids is 2. The van der Waals surface area contributed by atoms with Crippen LogP contribution in [0.2, 0.25) is 0 Å². The van der Waals surface area contributed by atoms with Gasteiger partial charge in [0, 0.05) is 17.8 Å². The van der Waals surface area contributed by atoms with Crippen molar-refractivity contribution in [2.24, 2.45) is 0 Å². The highest BCUT2D eigenvalue weighted by Crippen LogP contribution is 2.21. The van der Waals surface area contributed by atoms with E-state index in [1.807, 2.05) is 19.9 Å². The van der Waals surface area contributed by atoms with Gasteiger partial charge in [-0.15, -0.1) is 0 Å². The molecule has 1 heterocycles. The molecule has 2 rings (SSSR count). The molecule has 0 bridgehead atoms. The number of rotatable bonds is 5. The number of furan rings is 1. The van der Waals surface area contributed by atoms with Crippen LogP contribution in [0.25, 0.3) is 0 Å². The van der Waals surface area contributed by atoms with Gasteiger partial charge in [0.05, 0.1) is 6.26 Å². The third-order valence-electron chi connectivity index (χ3n) is 3.22. The molecular formula is C17H19N3O3S. The van der Waals surface area contributed by atoms with Crippen LogP contribution in [0.1, 0.15) is 35.9 Å². The first kappa shape index (κ1) is 17.7. The summed E-state index contributed by atoms with van der Waals surface area (Å²) in [7, 11) is 0. The topological polar surface area (TPSA) is 83.4 Å². The van der Waals surface area contributed by atoms with Crippen LogP contribution in [0.5, 0.6) is 0 Å². The largest absolute Gasteiger partial charge is 0.459 e. The zero-order chi connectivity index (χ0) is 17.5. The number of hydrogen-bond donors (Lipinski definition) is 3. The predicted octanol–water partition coefficient (Wildman–Crippen LogP) is 3.45. The lowest BCUT2D eigenvalue weighted by Gasteiger charge is -2.13. The number of carbonyl (C=O) groups is 2. The molecule has 0 aliphatic rings. The summed E-state index contributed by atoms with van der Waals surface area (Å²) in [4.78, 5) is 23.6. The fourth-order valence-electron chi connectivity index (χ4n) is 2.00. The smallest absolute Gasteiger partial charge is 0.291 e. The molecule has 3 N–H and O–H groups in total. The fraction of sp³-hybridized carbons (Fsp3) is 0.235. The Labute approximate surface area is 145 Å². The Balaban J connectivity index is 2.04. The van der Waals surface area contributed by atoms with Crippen LogP contribution < -0.4 is 16.0 Å². The van der Waals surface area contributed by atoms with Gasteiger partial charge in [-0.1, -0.05) is 13.0 Å². The molecule has 0 fully saturated rings. The number of nitrogens with one attached hydrogen (secondary N) is 3. The van der Waals surface area contributed by atoms with Crippen LogP contribution in [0, 0.1) is 6.92 Å². The molecule has 0 spiro atoms. The Bertz CT molecular complexity index is 742. The first-order chi connectivity index (χ1) is 11.5. The van der Waals surface area contributed by atoms with Gasteiger partial charge >= 0.3 is 0 Å². The lowest BCUT2D eigenvalue weighted by Crippen LogP contribution is -2.34. The molecule has 0 unspecified atom stereocenters. The van der Waals surface area contributed by atoms with Gasteiger partial charge in [-0.25, -0.2) is 0 Å².